The molecule has 1 unspecified atom stereocenters. The van der Waals surface area contributed by atoms with Gasteiger partial charge in [-0.25, -0.2) is 13.1 Å². The standard InChI is InChI=1S/C17H17NO6S/c1-12-6-5-9-15(17(12)24-14-7-3-2-4-8-14)25(22,23)18-13(11-19)10-16(20)21/h2-9,11,13,18H,10H2,1H3,(H,20,21). The maximum absolute atomic E-state index is 12.6. The number of carboxylic acids is 1. The van der Waals surface area contributed by atoms with Crippen molar-refractivity contribution >= 4 is 22.3 Å². The first-order chi connectivity index (χ1) is 11.8. The van der Waals surface area contributed by atoms with Gasteiger partial charge in [0.2, 0.25) is 10.0 Å². The number of rotatable bonds is 8. The third-order valence-electron chi connectivity index (χ3n) is 3.29. The Labute approximate surface area is 145 Å². The highest BCUT2D eigenvalue weighted by Gasteiger charge is 2.26. The molecule has 2 N–H and O–H groups in total. The van der Waals surface area contributed by atoms with E-state index in [2.05, 4.69) is 4.72 Å². The van der Waals surface area contributed by atoms with E-state index >= 15 is 0 Å². The lowest BCUT2D eigenvalue weighted by Gasteiger charge is -2.16. The summed E-state index contributed by atoms with van der Waals surface area (Å²) < 4.78 is 33.0. The van der Waals surface area contributed by atoms with Crippen LogP contribution in [0, 0.1) is 6.92 Å². The van der Waals surface area contributed by atoms with Crippen molar-refractivity contribution < 1.29 is 27.9 Å². The van der Waals surface area contributed by atoms with E-state index < -0.39 is 28.5 Å². The van der Waals surface area contributed by atoms with E-state index in [1.165, 1.54) is 12.1 Å². The average molecular weight is 363 g/mol. The van der Waals surface area contributed by atoms with Gasteiger partial charge in [-0.2, -0.15) is 0 Å². The predicted molar refractivity (Wildman–Crippen MR) is 90.1 cm³/mol. The van der Waals surface area contributed by atoms with Gasteiger partial charge >= 0.3 is 5.97 Å². The quantitative estimate of drug-likeness (QED) is 0.695. The Bertz CT molecular complexity index is 864. The lowest BCUT2D eigenvalue weighted by molar-refractivity contribution is -0.138. The molecule has 0 spiro atoms. The molecule has 7 nitrogen and oxygen atoms in total. The van der Waals surface area contributed by atoms with Crippen molar-refractivity contribution in [1.82, 2.24) is 4.72 Å². The summed E-state index contributed by atoms with van der Waals surface area (Å²) in [6, 6.07) is 11.8. The second-order valence-corrected chi connectivity index (χ2v) is 6.96. The van der Waals surface area contributed by atoms with E-state index in [0.717, 1.165) is 0 Å². The summed E-state index contributed by atoms with van der Waals surface area (Å²) in [6.45, 7) is 1.69. The molecule has 8 heteroatoms. The highest BCUT2D eigenvalue weighted by Crippen LogP contribution is 2.32. The van der Waals surface area contributed by atoms with Crippen molar-refractivity contribution in [2.75, 3.05) is 0 Å². The first-order valence-electron chi connectivity index (χ1n) is 7.35. The van der Waals surface area contributed by atoms with Crippen LogP contribution in [0.3, 0.4) is 0 Å². The molecule has 0 aliphatic carbocycles. The fourth-order valence-corrected chi connectivity index (χ4v) is 3.51. The maximum Gasteiger partial charge on any atom is 0.305 e. The van der Waals surface area contributed by atoms with Crippen molar-refractivity contribution in [2.24, 2.45) is 0 Å². The van der Waals surface area contributed by atoms with Gasteiger partial charge in [-0.15, -0.1) is 0 Å². The largest absolute Gasteiger partial charge is 0.481 e. The summed E-state index contributed by atoms with van der Waals surface area (Å²) in [6.07, 6.45) is -0.400. The number of aldehydes is 1. The van der Waals surface area contributed by atoms with Gasteiger partial charge in [0.1, 0.15) is 22.7 Å². The van der Waals surface area contributed by atoms with Crippen LogP contribution in [-0.2, 0) is 19.6 Å². The van der Waals surface area contributed by atoms with E-state index in [1.807, 2.05) is 0 Å². The highest BCUT2D eigenvalue weighted by molar-refractivity contribution is 7.89. The number of benzene rings is 2. The average Bonchev–Trinajstić information content (AvgIpc) is 2.56. The molecule has 0 aromatic heterocycles. The third-order valence-corrected chi connectivity index (χ3v) is 4.81. The van der Waals surface area contributed by atoms with Crippen LogP contribution < -0.4 is 9.46 Å². The van der Waals surface area contributed by atoms with Crippen molar-refractivity contribution in [3.63, 3.8) is 0 Å². The van der Waals surface area contributed by atoms with Crippen LogP contribution in [0.1, 0.15) is 12.0 Å². The molecule has 2 aromatic carbocycles. The van der Waals surface area contributed by atoms with Gasteiger partial charge in [0, 0.05) is 0 Å². The summed E-state index contributed by atoms with van der Waals surface area (Å²) in [4.78, 5) is 21.5. The minimum Gasteiger partial charge on any atom is -0.481 e. The molecule has 0 fully saturated rings. The van der Waals surface area contributed by atoms with Crippen molar-refractivity contribution in [3.05, 3.63) is 54.1 Å². The van der Waals surface area contributed by atoms with Gasteiger partial charge in [0.05, 0.1) is 12.5 Å². The molecule has 0 radical (unpaired) electrons. The molecule has 1 atom stereocenters. The number of carbonyl (C=O) groups is 2. The number of aryl methyl sites for hydroxylation is 1. The zero-order valence-corrected chi connectivity index (χ0v) is 14.2. The Morgan fingerprint density at radius 3 is 2.48 bits per heavy atom. The van der Waals surface area contributed by atoms with Gasteiger partial charge in [-0.05, 0) is 30.7 Å². The van der Waals surface area contributed by atoms with Crippen LogP contribution in [0.15, 0.2) is 53.4 Å². The molecule has 132 valence electrons. The van der Waals surface area contributed by atoms with Crippen LogP contribution in [-0.4, -0.2) is 31.8 Å². The van der Waals surface area contributed by atoms with Gasteiger partial charge in [0.15, 0.2) is 0 Å². The second kappa shape index (κ2) is 7.91. The topological polar surface area (TPSA) is 110 Å². The van der Waals surface area contributed by atoms with E-state index in [4.69, 9.17) is 9.84 Å². The lowest BCUT2D eigenvalue weighted by Crippen LogP contribution is -2.37. The number of carboxylic acid groups (broad SMARTS) is 1. The molecule has 0 saturated carbocycles. The van der Waals surface area contributed by atoms with E-state index in [9.17, 15) is 18.0 Å². The molecule has 0 aliphatic rings. The number of hydrogen-bond donors (Lipinski definition) is 2. The van der Waals surface area contributed by atoms with Gasteiger partial charge in [-0.1, -0.05) is 30.3 Å². The number of hydrogen-bond acceptors (Lipinski definition) is 5. The molecule has 25 heavy (non-hydrogen) atoms. The second-order valence-electron chi connectivity index (χ2n) is 5.28. The number of sulfonamides is 1. The Morgan fingerprint density at radius 1 is 1.20 bits per heavy atom. The fraction of sp³-hybridized carbons (Fsp3) is 0.176. The number of nitrogens with one attached hydrogen (secondary N) is 1. The highest BCUT2D eigenvalue weighted by atomic mass is 32.2. The van der Waals surface area contributed by atoms with E-state index in [-0.39, 0.29) is 16.9 Å². The van der Waals surface area contributed by atoms with Crippen molar-refractivity contribution in [3.8, 4) is 11.5 Å². The molecule has 0 saturated heterocycles. The SMILES string of the molecule is Cc1cccc(S(=O)(=O)NC(C=O)CC(=O)O)c1Oc1ccccc1. The summed E-state index contributed by atoms with van der Waals surface area (Å²) in [5, 5.41) is 8.76. The van der Waals surface area contributed by atoms with Gasteiger partial charge in [0.25, 0.3) is 0 Å². The zero-order chi connectivity index (χ0) is 18.4. The molecule has 2 rings (SSSR count). The van der Waals surface area contributed by atoms with Crippen LogP contribution >= 0.6 is 0 Å². The molecular formula is C17H17NO6S. The van der Waals surface area contributed by atoms with Crippen molar-refractivity contribution in [1.29, 1.82) is 0 Å². The molecular weight excluding hydrogens is 346 g/mol. The Kier molecular flexibility index (Phi) is 5.89. The van der Waals surface area contributed by atoms with Crippen LogP contribution in [0.25, 0.3) is 0 Å². The number of carbonyl (C=O) groups excluding carboxylic acids is 1. The number of ether oxygens (including phenoxy) is 1. The molecule has 0 heterocycles. The van der Waals surface area contributed by atoms with Crippen LogP contribution in [0.2, 0.25) is 0 Å². The Morgan fingerprint density at radius 2 is 1.88 bits per heavy atom. The third kappa shape index (κ3) is 4.88. The summed E-state index contributed by atoms with van der Waals surface area (Å²) in [5.41, 5.74) is 0.576. The Hall–Kier alpha value is -2.71. The molecule has 0 bridgehead atoms. The first kappa shape index (κ1) is 18.6. The summed E-state index contributed by atoms with van der Waals surface area (Å²) in [7, 11) is -4.16. The minimum atomic E-state index is -4.16. The first-order valence-corrected chi connectivity index (χ1v) is 8.83. The van der Waals surface area contributed by atoms with Crippen LogP contribution in [0.4, 0.5) is 0 Å². The number of aliphatic carboxylic acids is 1. The molecule has 0 aliphatic heterocycles. The van der Waals surface area contributed by atoms with E-state index in [0.29, 0.717) is 11.3 Å². The lowest BCUT2D eigenvalue weighted by atomic mass is 10.2. The van der Waals surface area contributed by atoms with E-state index in [1.54, 1.807) is 43.3 Å². The Balaban J connectivity index is 2.39. The van der Waals surface area contributed by atoms with Gasteiger partial charge < -0.3 is 14.6 Å². The minimum absolute atomic E-state index is 0.112. The van der Waals surface area contributed by atoms with Crippen LogP contribution in [0.5, 0.6) is 11.5 Å². The summed E-state index contributed by atoms with van der Waals surface area (Å²) >= 11 is 0. The summed E-state index contributed by atoms with van der Waals surface area (Å²) in [5.74, 6) is -0.725. The van der Waals surface area contributed by atoms with Gasteiger partial charge in [-0.3, -0.25) is 4.79 Å². The molecule has 0 amide bonds. The monoisotopic (exact) mass is 363 g/mol. The normalized spacial score (nSPS) is 12.4. The smallest absolute Gasteiger partial charge is 0.305 e. The predicted octanol–water partition coefficient (Wildman–Crippen LogP) is 2.11. The fourth-order valence-electron chi connectivity index (χ4n) is 2.14. The van der Waals surface area contributed by atoms with Crippen molar-refractivity contribution in [2.45, 2.75) is 24.3 Å². The number of para-hydroxylation sites is 2. The maximum atomic E-state index is 12.6. The molecule has 2 aromatic rings. The zero-order valence-electron chi connectivity index (χ0n) is 13.4.